The lowest BCUT2D eigenvalue weighted by molar-refractivity contribution is -0.189. The summed E-state index contributed by atoms with van der Waals surface area (Å²) in [7, 11) is 1.17. The fraction of sp³-hybridized carbons (Fsp3) is 0.833. The Balaban J connectivity index is 3.50. The van der Waals surface area contributed by atoms with Gasteiger partial charge in [-0.2, -0.15) is 13.2 Å². The zero-order chi connectivity index (χ0) is 11.2. The van der Waals surface area contributed by atoms with Crippen LogP contribution in [0.3, 0.4) is 0 Å². The molecule has 84 valence electrons. The third-order valence-corrected chi connectivity index (χ3v) is 1.75. The van der Waals surface area contributed by atoms with Gasteiger partial charge in [0.2, 0.25) is 0 Å². The zero-order valence-corrected chi connectivity index (χ0v) is 8.81. The number of rotatable bonds is 5. The van der Waals surface area contributed by atoms with Crippen LogP contribution >= 0.6 is 15.9 Å². The summed E-state index contributed by atoms with van der Waals surface area (Å²) in [5.74, 6) is -0.590. The molecule has 0 aliphatic heterocycles. The average molecular weight is 280 g/mol. The first-order valence-corrected chi connectivity index (χ1v) is 4.41. The van der Waals surface area contributed by atoms with Crippen LogP contribution in [0.5, 0.6) is 0 Å². The van der Waals surface area contributed by atoms with Crippen LogP contribution in [0.25, 0.3) is 0 Å². The molecule has 0 amide bonds. The Kier molecular flexibility index (Phi) is 6.05. The number of alkyl halides is 4. The van der Waals surface area contributed by atoms with E-state index in [2.05, 4.69) is 25.5 Å². The molecule has 0 bridgehead atoms. The third kappa shape index (κ3) is 7.10. The normalized spacial score (nSPS) is 13.8. The highest BCUT2D eigenvalue weighted by molar-refractivity contribution is 9.10. The summed E-state index contributed by atoms with van der Waals surface area (Å²) in [5, 5.41) is 0. The Labute approximate surface area is 86.8 Å². The van der Waals surface area contributed by atoms with Crippen molar-refractivity contribution in [3.63, 3.8) is 0 Å². The number of hydrogen-bond acceptors (Lipinski definition) is 4. The van der Waals surface area contributed by atoms with Gasteiger partial charge in [0, 0.05) is 6.54 Å². The number of hydroxylamine groups is 1. The van der Waals surface area contributed by atoms with Gasteiger partial charge in [-0.15, -0.1) is 0 Å². The van der Waals surface area contributed by atoms with Gasteiger partial charge >= 0.3 is 12.1 Å². The highest BCUT2D eigenvalue weighted by Crippen LogP contribution is 2.13. The molecular weight excluding hydrogens is 271 g/mol. The van der Waals surface area contributed by atoms with Gasteiger partial charge in [0.25, 0.3) is 0 Å². The van der Waals surface area contributed by atoms with Gasteiger partial charge in [-0.3, -0.25) is 9.63 Å². The van der Waals surface area contributed by atoms with Crippen molar-refractivity contribution in [2.75, 3.05) is 20.3 Å². The van der Waals surface area contributed by atoms with Crippen molar-refractivity contribution < 1.29 is 27.5 Å². The van der Waals surface area contributed by atoms with E-state index in [0.717, 1.165) is 0 Å². The van der Waals surface area contributed by atoms with Gasteiger partial charge in [0.15, 0.2) is 6.61 Å². The average Bonchev–Trinajstić information content (AvgIpc) is 2.09. The number of carbonyl (C=O) groups is 1. The smallest absolute Gasteiger partial charge is 0.413 e. The zero-order valence-electron chi connectivity index (χ0n) is 7.23. The van der Waals surface area contributed by atoms with E-state index in [1.165, 1.54) is 7.11 Å². The highest BCUT2D eigenvalue weighted by atomic mass is 79.9. The molecule has 0 aliphatic carbocycles. The molecule has 0 aromatic rings. The van der Waals surface area contributed by atoms with E-state index in [0.29, 0.717) is 0 Å². The first-order valence-electron chi connectivity index (χ1n) is 3.50. The van der Waals surface area contributed by atoms with Crippen molar-refractivity contribution in [1.29, 1.82) is 0 Å². The van der Waals surface area contributed by atoms with Crippen LogP contribution in [-0.2, 0) is 14.4 Å². The molecular formula is C6H9BrF3NO3. The molecule has 0 aromatic heterocycles. The summed E-state index contributed by atoms with van der Waals surface area (Å²) >= 11 is 2.89. The van der Waals surface area contributed by atoms with Crippen LogP contribution in [0.15, 0.2) is 0 Å². The molecule has 0 heterocycles. The van der Waals surface area contributed by atoms with E-state index in [1.807, 2.05) is 5.48 Å². The Bertz CT molecular complexity index is 188. The molecule has 14 heavy (non-hydrogen) atoms. The van der Waals surface area contributed by atoms with Crippen LogP contribution in [-0.4, -0.2) is 37.2 Å². The molecule has 0 fully saturated rings. The van der Waals surface area contributed by atoms with E-state index in [-0.39, 0.29) is 6.54 Å². The summed E-state index contributed by atoms with van der Waals surface area (Å²) in [4.78, 5) is 14.0. The molecule has 4 nitrogen and oxygen atoms in total. The molecule has 1 N–H and O–H groups in total. The predicted octanol–water partition coefficient (Wildman–Crippen LogP) is 1.01. The lowest BCUT2D eigenvalue weighted by Gasteiger charge is -2.10. The number of nitrogens with one attached hydrogen (secondary N) is 1. The second-order valence-electron chi connectivity index (χ2n) is 2.24. The summed E-state index contributed by atoms with van der Waals surface area (Å²) in [5.41, 5.74) is 1.99. The molecule has 1 atom stereocenters. The number of methoxy groups -OCH3 is 1. The van der Waals surface area contributed by atoms with Crippen molar-refractivity contribution in [3.8, 4) is 0 Å². The van der Waals surface area contributed by atoms with Gasteiger partial charge in [-0.1, -0.05) is 15.9 Å². The van der Waals surface area contributed by atoms with E-state index in [1.54, 1.807) is 0 Å². The minimum Gasteiger partial charge on any atom is -0.468 e. The maximum absolute atomic E-state index is 11.5. The number of carbonyl (C=O) groups excluding carboxylic acids is 1. The minimum absolute atomic E-state index is 0.108. The van der Waals surface area contributed by atoms with Gasteiger partial charge in [-0.05, 0) is 0 Å². The van der Waals surface area contributed by atoms with Gasteiger partial charge in [0.05, 0.1) is 7.11 Å². The van der Waals surface area contributed by atoms with Gasteiger partial charge in [-0.25, -0.2) is 5.48 Å². The topological polar surface area (TPSA) is 47.6 Å². The standard InChI is InChI=1S/C6H9BrF3NO3/c1-13-5(12)4(7)2-11-14-3-6(8,9)10/h4,11H,2-3H2,1H3. The van der Waals surface area contributed by atoms with Crippen molar-refractivity contribution in [1.82, 2.24) is 5.48 Å². The van der Waals surface area contributed by atoms with Crippen molar-refractivity contribution >= 4 is 21.9 Å². The third-order valence-electron chi connectivity index (χ3n) is 1.06. The maximum atomic E-state index is 11.5. The Morgan fingerprint density at radius 3 is 2.57 bits per heavy atom. The van der Waals surface area contributed by atoms with Crippen molar-refractivity contribution in [2.45, 2.75) is 11.0 Å². The second kappa shape index (κ2) is 6.20. The highest BCUT2D eigenvalue weighted by Gasteiger charge is 2.28. The first kappa shape index (κ1) is 13.7. The Hall–Kier alpha value is -0.340. The molecule has 0 spiro atoms. The van der Waals surface area contributed by atoms with E-state index in [4.69, 9.17) is 0 Å². The van der Waals surface area contributed by atoms with E-state index in [9.17, 15) is 18.0 Å². The lowest BCUT2D eigenvalue weighted by atomic mass is 10.4. The summed E-state index contributed by atoms with van der Waals surface area (Å²) in [6, 6.07) is 0. The van der Waals surface area contributed by atoms with Crippen LogP contribution in [0.4, 0.5) is 13.2 Å². The molecule has 0 radical (unpaired) electrons. The van der Waals surface area contributed by atoms with Crippen LogP contribution in [0.1, 0.15) is 0 Å². The van der Waals surface area contributed by atoms with Crippen LogP contribution in [0, 0.1) is 0 Å². The Morgan fingerprint density at radius 1 is 1.57 bits per heavy atom. The Morgan fingerprint density at radius 2 is 2.14 bits per heavy atom. The molecule has 0 saturated carbocycles. The first-order chi connectivity index (χ1) is 6.37. The lowest BCUT2D eigenvalue weighted by Crippen LogP contribution is -2.32. The van der Waals surface area contributed by atoms with Gasteiger partial charge < -0.3 is 4.74 Å². The summed E-state index contributed by atoms with van der Waals surface area (Å²) in [6.45, 7) is -1.52. The summed E-state index contributed by atoms with van der Waals surface area (Å²) < 4.78 is 38.9. The minimum atomic E-state index is -4.39. The predicted molar refractivity (Wildman–Crippen MR) is 44.7 cm³/mol. The number of hydrogen-bond donors (Lipinski definition) is 1. The number of esters is 1. The molecule has 0 rings (SSSR count). The quantitative estimate of drug-likeness (QED) is 0.353. The molecule has 8 heteroatoms. The molecule has 0 saturated heterocycles. The van der Waals surface area contributed by atoms with Crippen molar-refractivity contribution in [2.24, 2.45) is 0 Å². The van der Waals surface area contributed by atoms with Crippen LogP contribution < -0.4 is 5.48 Å². The van der Waals surface area contributed by atoms with Gasteiger partial charge in [0.1, 0.15) is 4.83 Å². The SMILES string of the molecule is COC(=O)C(Br)CNOCC(F)(F)F. The van der Waals surface area contributed by atoms with Crippen molar-refractivity contribution in [3.05, 3.63) is 0 Å². The molecule has 0 aromatic carbocycles. The number of halogens is 4. The largest absolute Gasteiger partial charge is 0.468 e. The monoisotopic (exact) mass is 279 g/mol. The van der Waals surface area contributed by atoms with E-state index >= 15 is 0 Å². The fourth-order valence-corrected chi connectivity index (χ4v) is 0.795. The van der Waals surface area contributed by atoms with E-state index < -0.39 is 23.6 Å². The molecule has 0 aliphatic rings. The van der Waals surface area contributed by atoms with Crippen LogP contribution in [0.2, 0.25) is 0 Å². The number of ether oxygens (including phenoxy) is 1. The fourth-order valence-electron chi connectivity index (χ4n) is 0.476. The summed E-state index contributed by atoms with van der Waals surface area (Å²) in [6.07, 6.45) is -4.39. The maximum Gasteiger partial charge on any atom is 0.413 e. The second-order valence-corrected chi connectivity index (χ2v) is 3.35. The molecule has 1 unspecified atom stereocenters.